The Balaban J connectivity index is 1.97. The van der Waals surface area contributed by atoms with Crippen molar-refractivity contribution in [2.24, 2.45) is 5.92 Å². The standard InChI is InChI=1S/C14H21N3O/c1-2-17(11-12-6-9-15-10-7-12)14(18)13-5-3-4-8-16-13/h3-5,8,12,15H,2,6-7,9-11H2,1H3. The van der Waals surface area contributed by atoms with E-state index in [1.807, 2.05) is 24.0 Å². The molecule has 0 spiro atoms. The Morgan fingerprint density at radius 1 is 1.44 bits per heavy atom. The number of amides is 1. The van der Waals surface area contributed by atoms with Crippen LogP contribution in [0.25, 0.3) is 0 Å². The van der Waals surface area contributed by atoms with E-state index in [2.05, 4.69) is 10.3 Å². The van der Waals surface area contributed by atoms with Crippen LogP contribution < -0.4 is 5.32 Å². The van der Waals surface area contributed by atoms with Crippen LogP contribution in [0, 0.1) is 5.92 Å². The van der Waals surface area contributed by atoms with Gasteiger partial charge in [-0.2, -0.15) is 0 Å². The molecule has 2 rings (SSSR count). The van der Waals surface area contributed by atoms with Crippen LogP contribution in [0.3, 0.4) is 0 Å². The summed E-state index contributed by atoms with van der Waals surface area (Å²) >= 11 is 0. The van der Waals surface area contributed by atoms with E-state index < -0.39 is 0 Å². The number of rotatable bonds is 4. The molecule has 4 nitrogen and oxygen atoms in total. The molecule has 18 heavy (non-hydrogen) atoms. The summed E-state index contributed by atoms with van der Waals surface area (Å²) < 4.78 is 0. The van der Waals surface area contributed by atoms with Gasteiger partial charge in [-0.05, 0) is 50.9 Å². The van der Waals surface area contributed by atoms with Gasteiger partial charge in [0.15, 0.2) is 0 Å². The zero-order valence-electron chi connectivity index (χ0n) is 10.9. The minimum Gasteiger partial charge on any atom is -0.337 e. The summed E-state index contributed by atoms with van der Waals surface area (Å²) in [7, 11) is 0. The normalized spacial score (nSPS) is 16.5. The van der Waals surface area contributed by atoms with Crippen molar-refractivity contribution in [3.05, 3.63) is 30.1 Å². The van der Waals surface area contributed by atoms with Crippen LogP contribution in [0.1, 0.15) is 30.3 Å². The summed E-state index contributed by atoms with van der Waals surface area (Å²) in [6.45, 7) is 5.77. The van der Waals surface area contributed by atoms with E-state index in [1.54, 1.807) is 12.3 Å². The van der Waals surface area contributed by atoms with Gasteiger partial charge in [-0.15, -0.1) is 0 Å². The molecule has 0 bridgehead atoms. The summed E-state index contributed by atoms with van der Waals surface area (Å²) in [6, 6.07) is 5.48. The molecule has 98 valence electrons. The van der Waals surface area contributed by atoms with Crippen molar-refractivity contribution in [3.8, 4) is 0 Å². The molecule has 1 saturated heterocycles. The lowest BCUT2D eigenvalue weighted by atomic mass is 9.97. The highest BCUT2D eigenvalue weighted by molar-refractivity contribution is 5.92. The van der Waals surface area contributed by atoms with Crippen LogP contribution in [0.5, 0.6) is 0 Å². The van der Waals surface area contributed by atoms with Gasteiger partial charge in [0.05, 0.1) is 0 Å². The minimum atomic E-state index is 0.0524. The van der Waals surface area contributed by atoms with Crippen molar-refractivity contribution in [2.75, 3.05) is 26.2 Å². The molecule has 1 N–H and O–H groups in total. The van der Waals surface area contributed by atoms with Gasteiger partial charge in [0, 0.05) is 19.3 Å². The molecule has 0 aromatic carbocycles. The van der Waals surface area contributed by atoms with Gasteiger partial charge in [-0.3, -0.25) is 9.78 Å². The maximum Gasteiger partial charge on any atom is 0.272 e. The number of piperidine rings is 1. The Hall–Kier alpha value is -1.42. The first kappa shape index (κ1) is 13.0. The topological polar surface area (TPSA) is 45.2 Å². The Bertz CT molecular complexity index is 374. The lowest BCUT2D eigenvalue weighted by Gasteiger charge is -2.29. The maximum absolute atomic E-state index is 12.3. The number of aromatic nitrogens is 1. The highest BCUT2D eigenvalue weighted by Gasteiger charge is 2.21. The fourth-order valence-corrected chi connectivity index (χ4v) is 2.38. The number of pyridine rings is 1. The first-order valence-corrected chi connectivity index (χ1v) is 6.72. The molecular weight excluding hydrogens is 226 g/mol. The molecule has 1 aliphatic heterocycles. The highest BCUT2D eigenvalue weighted by Crippen LogP contribution is 2.14. The zero-order valence-corrected chi connectivity index (χ0v) is 10.9. The Morgan fingerprint density at radius 3 is 2.83 bits per heavy atom. The van der Waals surface area contributed by atoms with E-state index >= 15 is 0 Å². The van der Waals surface area contributed by atoms with E-state index in [4.69, 9.17) is 0 Å². The number of hydrogen-bond donors (Lipinski definition) is 1. The van der Waals surface area contributed by atoms with Gasteiger partial charge < -0.3 is 10.2 Å². The Kier molecular flexibility index (Phi) is 4.70. The number of nitrogens with one attached hydrogen (secondary N) is 1. The van der Waals surface area contributed by atoms with Gasteiger partial charge in [0.1, 0.15) is 5.69 Å². The summed E-state index contributed by atoms with van der Waals surface area (Å²) in [5.41, 5.74) is 0.549. The van der Waals surface area contributed by atoms with Crippen molar-refractivity contribution in [3.63, 3.8) is 0 Å². The van der Waals surface area contributed by atoms with Gasteiger partial charge in [-0.1, -0.05) is 6.07 Å². The SMILES string of the molecule is CCN(CC1CCNCC1)C(=O)c1ccccn1. The third kappa shape index (κ3) is 3.29. The van der Waals surface area contributed by atoms with Crippen molar-refractivity contribution in [1.29, 1.82) is 0 Å². The Morgan fingerprint density at radius 2 is 2.22 bits per heavy atom. The van der Waals surface area contributed by atoms with Crippen molar-refractivity contribution < 1.29 is 4.79 Å². The van der Waals surface area contributed by atoms with E-state index in [-0.39, 0.29) is 5.91 Å². The second-order valence-electron chi connectivity index (χ2n) is 4.75. The molecule has 0 aliphatic carbocycles. The van der Waals surface area contributed by atoms with Gasteiger partial charge in [-0.25, -0.2) is 0 Å². The van der Waals surface area contributed by atoms with E-state index in [9.17, 15) is 4.79 Å². The molecule has 0 unspecified atom stereocenters. The van der Waals surface area contributed by atoms with Crippen LogP contribution in [0.4, 0.5) is 0 Å². The zero-order chi connectivity index (χ0) is 12.8. The molecule has 0 saturated carbocycles. The van der Waals surface area contributed by atoms with Crippen LogP contribution in [-0.2, 0) is 0 Å². The fourth-order valence-electron chi connectivity index (χ4n) is 2.38. The Labute approximate surface area is 108 Å². The predicted molar refractivity (Wildman–Crippen MR) is 71.4 cm³/mol. The van der Waals surface area contributed by atoms with Crippen LogP contribution in [0.15, 0.2) is 24.4 Å². The summed E-state index contributed by atoms with van der Waals surface area (Å²) in [6.07, 6.45) is 3.99. The molecule has 1 amide bonds. The fraction of sp³-hybridized carbons (Fsp3) is 0.571. The van der Waals surface area contributed by atoms with Crippen LogP contribution in [-0.4, -0.2) is 42.0 Å². The molecular formula is C14H21N3O. The number of nitrogens with zero attached hydrogens (tertiary/aromatic N) is 2. The quantitative estimate of drug-likeness (QED) is 0.878. The molecule has 0 atom stereocenters. The summed E-state index contributed by atoms with van der Waals surface area (Å²) in [4.78, 5) is 18.3. The first-order valence-electron chi connectivity index (χ1n) is 6.72. The number of hydrogen-bond acceptors (Lipinski definition) is 3. The lowest BCUT2D eigenvalue weighted by molar-refractivity contribution is 0.0721. The maximum atomic E-state index is 12.3. The third-order valence-electron chi connectivity index (χ3n) is 3.49. The molecule has 4 heteroatoms. The van der Waals surface area contributed by atoms with Gasteiger partial charge in [0.25, 0.3) is 5.91 Å². The second-order valence-corrected chi connectivity index (χ2v) is 4.75. The predicted octanol–water partition coefficient (Wildman–Crippen LogP) is 1.54. The average Bonchev–Trinajstić information content (AvgIpc) is 2.46. The lowest BCUT2D eigenvalue weighted by Crippen LogP contribution is -2.39. The molecule has 1 aliphatic rings. The average molecular weight is 247 g/mol. The van der Waals surface area contributed by atoms with E-state index in [0.717, 1.165) is 39.0 Å². The molecule has 1 aromatic rings. The van der Waals surface area contributed by atoms with Crippen molar-refractivity contribution >= 4 is 5.91 Å². The van der Waals surface area contributed by atoms with E-state index in [0.29, 0.717) is 11.6 Å². The monoisotopic (exact) mass is 247 g/mol. The largest absolute Gasteiger partial charge is 0.337 e. The number of carbonyl (C=O) groups excluding carboxylic acids is 1. The smallest absolute Gasteiger partial charge is 0.272 e. The number of carbonyl (C=O) groups is 1. The minimum absolute atomic E-state index is 0.0524. The summed E-state index contributed by atoms with van der Waals surface area (Å²) in [5.74, 6) is 0.676. The molecule has 1 aromatic heterocycles. The third-order valence-corrected chi connectivity index (χ3v) is 3.49. The van der Waals surface area contributed by atoms with Crippen molar-refractivity contribution in [1.82, 2.24) is 15.2 Å². The molecule has 2 heterocycles. The van der Waals surface area contributed by atoms with Crippen LogP contribution >= 0.6 is 0 Å². The van der Waals surface area contributed by atoms with Crippen molar-refractivity contribution in [2.45, 2.75) is 19.8 Å². The molecule has 1 fully saturated rings. The second kappa shape index (κ2) is 6.50. The van der Waals surface area contributed by atoms with Crippen LogP contribution in [0.2, 0.25) is 0 Å². The summed E-state index contributed by atoms with van der Waals surface area (Å²) in [5, 5.41) is 3.35. The van der Waals surface area contributed by atoms with E-state index in [1.165, 1.54) is 0 Å². The van der Waals surface area contributed by atoms with Gasteiger partial charge >= 0.3 is 0 Å². The highest BCUT2D eigenvalue weighted by atomic mass is 16.2. The van der Waals surface area contributed by atoms with Gasteiger partial charge in [0.2, 0.25) is 0 Å². The first-order chi connectivity index (χ1) is 8.81. The molecule has 0 radical (unpaired) electrons.